The zero-order valence-electron chi connectivity index (χ0n) is 25.7. The minimum atomic E-state index is -1.11. The van der Waals surface area contributed by atoms with E-state index in [1.54, 1.807) is 34.6 Å². The summed E-state index contributed by atoms with van der Waals surface area (Å²) in [5, 5.41) is 5.25. The maximum atomic E-state index is 13.8. The van der Waals surface area contributed by atoms with Crippen LogP contribution in [0.2, 0.25) is 0 Å². The largest absolute Gasteiger partial charge is 0.458 e. The van der Waals surface area contributed by atoms with Crippen LogP contribution in [0.3, 0.4) is 0 Å². The molecule has 2 N–H and O–H groups in total. The highest BCUT2D eigenvalue weighted by Crippen LogP contribution is 2.22. The first-order valence-corrected chi connectivity index (χ1v) is 14.4. The Morgan fingerprint density at radius 2 is 1.37 bits per heavy atom. The van der Waals surface area contributed by atoms with Crippen LogP contribution in [0.1, 0.15) is 52.7 Å². The molecule has 0 radical (unpaired) electrons. The second kappa shape index (κ2) is 14.7. The van der Waals surface area contributed by atoms with Crippen LogP contribution in [0.25, 0.3) is 0 Å². The maximum absolute atomic E-state index is 13.8. The van der Waals surface area contributed by atoms with Crippen molar-refractivity contribution in [1.82, 2.24) is 20.4 Å². The molecule has 2 aromatic rings. The smallest absolute Gasteiger partial charge is 0.408 e. The first-order valence-electron chi connectivity index (χ1n) is 14.4. The topological polar surface area (TPSA) is 134 Å². The first-order chi connectivity index (χ1) is 20.3. The highest BCUT2D eigenvalue weighted by molar-refractivity contribution is 6.02. The molecule has 1 saturated heterocycles. The van der Waals surface area contributed by atoms with Gasteiger partial charge in [-0.05, 0) is 59.1 Å². The molecule has 1 fully saturated rings. The summed E-state index contributed by atoms with van der Waals surface area (Å²) in [6.07, 6.45) is -1.45. The maximum Gasteiger partial charge on any atom is 0.408 e. The number of esters is 1. The van der Waals surface area contributed by atoms with Crippen molar-refractivity contribution in [1.29, 1.82) is 0 Å². The summed E-state index contributed by atoms with van der Waals surface area (Å²) in [5.41, 5.74) is 0.838. The van der Waals surface area contributed by atoms with Gasteiger partial charge >= 0.3 is 12.1 Å². The summed E-state index contributed by atoms with van der Waals surface area (Å²) in [7, 11) is 0. The molecule has 0 spiro atoms. The molecule has 4 atom stereocenters. The number of benzene rings is 2. The van der Waals surface area contributed by atoms with Crippen molar-refractivity contribution < 1.29 is 33.4 Å². The number of alkyl carbamates (subject to hydrolysis) is 1. The van der Waals surface area contributed by atoms with E-state index in [1.807, 2.05) is 60.7 Å². The molecule has 3 rings (SSSR count). The summed E-state index contributed by atoms with van der Waals surface area (Å²) in [6.45, 7) is 10.1. The van der Waals surface area contributed by atoms with Gasteiger partial charge in [0.15, 0.2) is 0 Å². The fourth-order valence-corrected chi connectivity index (χ4v) is 4.67. The SMILES string of the molecule is CC(NC(=O)OCc1ccccc1)C(=O)N[C@@H](C)N1CCN(C(C)C(=O)OC(C)(C)C)C(=O)C(Cc2ccccc2)C1=O. The molecule has 2 aromatic carbocycles. The number of carbonyl (C=O) groups excluding carboxylic acids is 5. The summed E-state index contributed by atoms with van der Waals surface area (Å²) in [5.74, 6) is -3.17. The molecule has 4 amide bonds. The van der Waals surface area contributed by atoms with Gasteiger partial charge < -0.3 is 29.9 Å². The van der Waals surface area contributed by atoms with E-state index in [4.69, 9.17) is 9.47 Å². The molecule has 1 aliphatic rings. The predicted octanol–water partition coefficient (Wildman–Crippen LogP) is 3.02. The Balaban J connectivity index is 1.71. The van der Waals surface area contributed by atoms with Gasteiger partial charge in [0.25, 0.3) is 0 Å². The zero-order valence-corrected chi connectivity index (χ0v) is 25.7. The molecule has 0 aromatic heterocycles. The molecular weight excluding hydrogens is 552 g/mol. The van der Waals surface area contributed by atoms with E-state index in [0.29, 0.717) is 0 Å². The Kier molecular flexibility index (Phi) is 11.3. The van der Waals surface area contributed by atoms with Gasteiger partial charge in [0.1, 0.15) is 36.4 Å². The van der Waals surface area contributed by atoms with Crippen molar-refractivity contribution in [2.45, 2.75) is 78.4 Å². The number of amides is 4. The van der Waals surface area contributed by atoms with E-state index >= 15 is 0 Å². The number of nitrogens with one attached hydrogen (secondary N) is 2. The van der Waals surface area contributed by atoms with Crippen molar-refractivity contribution >= 4 is 29.8 Å². The lowest BCUT2D eigenvalue weighted by atomic mass is 9.96. The molecule has 43 heavy (non-hydrogen) atoms. The van der Waals surface area contributed by atoms with Gasteiger partial charge in [-0.3, -0.25) is 14.4 Å². The molecule has 0 saturated carbocycles. The van der Waals surface area contributed by atoms with Gasteiger partial charge in [0.2, 0.25) is 17.7 Å². The van der Waals surface area contributed by atoms with E-state index in [-0.39, 0.29) is 26.1 Å². The van der Waals surface area contributed by atoms with Gasteiger partial charge in [0, 0.05) is 13.1 Å². The lowest BCUT2D eigenvalue weighted by molar-refractivity contribution is -0.165. The second-order valence-electron chi connectivity index (χ2n) is 11.6. The zero-order chi connectivity index (χ0) is 31.7. The van der Waals surface area contributed by atoms with Gasteiger partial charge in [0.05, 0.1) is 0 Å². The van der Waals surface area contributed by atoms with Crippen LogP contribution >= 0.6 is 0 Å². The monoisotopic (exact) mass is 594 g/mol. The second-order valence-corrected chi connectivity index (χ2v) is 11.6. The average Bonchev–Trinajstić information content (AvgIpc) is 3.07. The number of rotatable bonds is 10. The predicted molar refractivity (Wildman–Crippen MR) is 159 cm³/mol. The van der Waals surface area contributed by atoms with Crippen LogP contribution in [-0.4, -0.2) is 76.5 Å². The Hall–Kier alpha value is -4.41. The first kappa shape index (κ1) is 33.1. The average molecular weight is 595 g/mol. The standard InChI is InChI=1S/C32H42N4O7/c1-21(33-31(41)42-20-25-15-11-8-12-16-25)27(37)34-23(3)36-18-17-35(22(2)30(40)43-32(4,5)6)28(38)26(29(36)39)19-24-13-9-7-10-14-24/h7-16,21-23,26H,17-20H2,1-6H3,(H,33,41)(H,34,37)/t21?,22?,23-,26?/m1/s1. The Bertz CT molecular complexity index is 1280. The third-order valence-corrected chi connectivity index (χ3v) is 7.00. The summed E-state index contributed by atoms with van der Waals surface area (Å²) in [6, 6.07) is 16.4. The molecule has 0 bridgehead atoms. The molecule has 3 unspecified atom stereocenters. The van der Waals surface area contributed by atoms with Gasteiger partial charge in [-0.1, -0.05) is 60.7 Å². The van der Waals surface area contributed by atoms with E-state index in [0.717, 1.165) is 11.1 Å². The van der Waals surface area contributed by atoms with Crippen molar-refractivity contribution in [3.05, 3.63) is 71.8 Å². The minimum absolute atomic E-state index is 0.0503. The number of hydrogen-bond acceptors (Lipinski definition) is 7. The number of hydrogen-bond donors (Lipinski definition) is 2. The molecular formula is C32H42N4O7. The Morgan fingerprint density at radius 3 is 1.95 bits per heavy atom. The van der Waals surface area contributed by atoms with Crippen molar-refractivity contribution in [2.24, 2.45) is 5.92 Å². The summed E-state index contributed by atoms with van der Waals surface area (Å²) < 4.78 is 10.7. The van der Waals surface area contributed by atoms with E-state index in [1.165, 1.54) is 16.7 Å². The lowest BCUT2D eigenvalue weighted by Crippen LogP contribution is -2.55. The molecule has 1 aliphatic heterocycles. The summed E-state index contributed by atoms with van der Waals surface area (Å²) >= 11 is 0. The number of carbonyl (C=O) groups is 5. The van der Waals surface area contributed by atoms with Gasteiger partial charge in [-0.2, -0.15) is 0 Å². The van der Waals surface area contributed by atoms with Crippen molar-refractivity contribution in [2.75, 3.05) is 13.1 Å². The van der Waals surface area contributed by atoms with Crippen molar-refractivity contribution in [3.8, 4) is 0 Å². The Morgan fingerprint density at radius 1 is 0.837 bits per heavy atom. The highest BCUT2D eigenvalue weighted by atomic mass is 16.6. The fraction of sp³-hybridized carbons (Fsp3) is 0.469. The van der Waals surface area contributed by atoms with E-state index in [2.05, 4.69) is 10.6 Å². The van der Waals surface area contributed by atoms with Crippen LogP contribution in [0, 0.1) is 5.92 Å². The van der Waals surface area contributed by atoms with Gasteiger partial charge in [-0.25, -0.2) is 9.59 Å². The molecule has 232 valence electrons. The third-order valence-electron chi connectivity index (χ3n) is 7.00. The Labute approximate surface area is 252 Å². The number of ether oxygens (including phenoxy) is 2. The molecule has 11 heteroatoms. The normalized spacial score (nSPS) is 17.8. The van der Waals surface area contributed by atoms with Crippen LogP contribution in [0.4, 0.5) is 4.79 Å². The third kappa shape index (κ3) is 9.56. The van der Waals surface area contributed by atoms with E-state index in [9.17, 15) is 24.0 Å². The summed E-state index contributed by atoms with van der Waals surface area (Å²) in [4.78, 5) is 68.5. The molecule has 0 aliphatic carbocycles. The highest BCUT2D eigenvalue weighted by Gasteiger charge is 2.42. The van der Waals surface area contributed by atoms with Gasteiger partial charge in [-0.15, -0.1) is 0 Å². The van der Waals surface area contributed by atoms with Crippen LogP contribution < -0.4 is 10.6 Å². The van der Waals surface area contributed by atoms with Crippen molar-refractivity contribution in [3.63, 3.8) is 0 Å². The number of nitrogens with zero attached hydrogens (tertiary/aromatic N) is 2. The lowest BCUT2D eigenvalue weighted by Gasteiger charge is -2.31. The molecule has 11 nitrogen and oxygen atoms in total. The minimum Gasteiger partial charge on any atom is -0.458 e. The van der Waals surface area contributed by atoms with E-state index < -0.39 is 59.6 Å². The quantitative estimate of drug-likeness (QED) is 0.319. The van der Waals surface area contributed by atoms with Crippen LogP contribution in [0.15, 0.2) is 60.7 Å². The fourth-order valence-electron chi connectivity index (χ4n) is 4.67. The molecule has 1 heterocycles. The van der Waals surface area contributed by atoms with Crippen LogP contribution in [0.5, 0.6) is 0 Å². The van der Waals surface area contributed by atoms with Crippen LogP contribution in [-0.2, 0) is 41.7 Å².